The van der Waals surface area contributed by atoms with Crippen LogP contribution in [0.15, 0.2) is 0 Å². The normalized spacial score (nSPS) is 25.8. The fraction of sp³-hybridized carbons (Fsp3) is 1.00. The highest BCUT2D eigenvalue weighted by Crippen LogP contribution is 2.37. The number of hydrogen-bond acceptors (Lipinski definition) is 0. The van der Waals surface area contributed by atoms with Crippen molar-refractivity contribution in [3.8, 4) is 0 Å². The van der Waals surface area contributed by atoms with Gasteiger partial charge in [-0.1, -0.05) is 59.8 Å². The summed E-state index contributed by atoms with van der Waals surface area (Å²) >= 11 is 0. The average molecular weight is 182 g/mol. The van der Waals surface area contributed by atoms with Gasteiger partial charge < -0.3 is 0 Å². The molecule has 1 aliphatic rings. The molecule has 0 N–H and O–H groups in total. The molecule has 0 nitrogen and oxygen atoms in total. The minimum Gasteiger partial charge on any atom is -0.0651 e. The quantitative estimate of drug-likeness (QED) is 0.600. The summed E-state index contributed by atoms with van der Waals surface area (Å²) in [7, 11) is 0. The van der Waals surface area contributed by atoms with Crippen molar-refractivity contribution in [1.82, 2.24) is 0 Å². The zero-order valence-electron chi connectivity index (χ0n) is 9.84. The first-order valence-electron chi connectivity index (χ1n) is 6.16. The second-order valence-electron chi connectivity index (χ2n) is 5.15. The van der Waals surface area contributed by atoms with E-state index in [1.165, 1.54) is 32.1 Å². The summed E-state index contributed by atoms with van der Waals surface area (Å²) in [6, 6.07) is 0. The lowest BCUT2D eigenvalue weighted by Gasteiger charge is -2.29. The van der Waals surface area contributed by atoms with Crippen molar-refractivity contribution in [1.29, 1.82) is 0 Å². The van der Waals surface area contributed by atoms with Crippen LogP contribution in [-0.2, 0) is 0 Å². The summed E-state index contributed by atoms with van der Waals surface area (Å²) in [5.41, 5.74) is 0. The van der Waals surface area contributed by atoms with Gasteiger partial charge in [0.2, 0.25) is 0 Å². The van der Waals surface area contributed by atoms with Gasteiger partial charge in [0.25, 0.3) is 0 Å². The van der Waals surface area contributed by atoms with Gasteiger partial charge in [-0.2, -0.15) is 0 Å². The molecule has 0 radical (unpaired) electrons. The predicted octanol–water partition coefficient (Wildman–Crippen LogP) is 4.49. The van der Waals surface area contributed by atoms with Crippen molar-refractivity contribution >= 4 is 0 Å². The van der Waals surface area contributed by atoms with Crippen molar-refractivity contribution in [2.45, 2.75) is 59.8 Å². The Kier molecular flexibility index (Phi) is 4.28. The molecular formula is C13H26. The Morgan fingerprint density at radius 2 is 1.62 bits per heavy atom. The summed E-state index contributed by atoms with van der Waals surface area (Å²) in [4.78, 5) is 0. The van der Waals surface area contributed by atoms with Crippen LogP contribution in [0, 0.1) is 23.7 Å². The molecule has 0 spiro atoms. The van der Waals surface area contributed by atoms with E-state index in [9.17, 15) is 0 Å². The highest BCUT2D eigenvalue weighted by molar-refractivity contribution is 4.78. The van der Waals surface area contributed by atoms with Gasteiger partial charge in [0.05, 0.1) is 0 Å². The predicted molar refractivity (Wildman–Crippen MR) is 59.7 cm³/mol. The molecule has 0 amide bonds. The standard InChI is InChI=1S/C13H26/c1-5-10(2)11(3)12(4)13-8-6-7-9-13/h10-13H,5-9H2,1-4H3. The molecule has 0 heterocycles. The van der Waals surface area contributed by atoms with Crippen LogP contribution in [0.1, 0.15) is 59.8 Å². The van der Waals surface area contributed by atoms with Gasteiger partial charge in [-0.3, -0.25) is 0 Å². The molecule has 1 rings (SSSR count). The van der Waals surface area contributed by atoms with Crippen LogP contribution in [0.2, 0.25) is 0 Å². The molecule has 13 heavy (non-hydrogen) atoms. The molecular weight excluding hydrogens is 156 g/mol. The van der Waals surface area contributed by atoms with Crippen LogP contribution < -0.4 is 0 Å². The Balaban J connectivity index is 2.40. The van der Waals surface area contributed by atoms with E-state index in [1.807, 2.05) is 0 Å². The summed E-state index contributed by atoms with van der Waals surface area (Å²) in [5.74, 6) is 3.84. The van der Waals surface area contributed by atoms with E-state index in [2.05, 4.69) is 27.7 Å². The largest absolute Gasteiger partial charge is 0.0651 e. The molecule has 1 aliphatic carbocycles. The van der Waals surface area contributed by atoms with E-state index < -0.39 is 0 Å². The summed E-state index contributed by atoms with van der Waals surface area (Å²) in [6.07, 6.45) is 7.33. The van der Waals surface area contributed by atoms with Crippen LogP contribution in [-0.4, -0.2) is 0 Å². The molecule has 3 unspecified atom stereocenters. The lowest BCUT2D eigenvalue weighted by Crippen LogP contribution is -2.22. The highest BCUT2D eigenvalue weighted by atomic mass is 14.3. The van der Waals surface area contributed by atoms with Gasteiger partial charge in [-0.05, 0) is 23.7 Å². The molecule has 1 saturated carbocycles. The maximum atomic E-state index is 2.48. The molecule has 3 atom stereocenters. The van der Waals surface area contributed by atoms with E-state index in [0.29, 0.717) is 0 Å². The molecule has 0 bridgehead atoms. The third-order valence-electron chi connectivity index (χ3n) is 4.51. The topological polar surface area (TPSA) is 0 Å². The lowest BCUT2D eigenvalue weighted by molar-refractivity contribution is 0.200. The van der Waals surface area contributed by atoms with Crippen LogP contribution >= 0.6 is 0 Å². The molecule has 0 heteroatoms. The monoisotopic (exact) mass is 182 g/mol. The zero-order chi connectivity index (χ0) is 9.84. The van der Waals surface area contributed by atoms with Gasteiger partial charge in [-0.25, -0.2) is 0 Å². The van der Waals surface area contributed by atoms with Gasteiger partial charge in [-0.15, -0.1) is 0 Å². The van der Waals surface area contributed by atoms with E-state index in [0.717, 1.165) is 23.7 Å². The second kappa shape index (κ2) is 5.02. The van der Waals surface area contributed by atoms with Gasteiger partial charge in [0.1, 0.15) is 0 Å². The fourth-order valence-electron chi connectivity index (χ4n) is 2.80. The van der Waals surface area contributed by atoms with Crippen molar-refractivity contribution in [2.75, 3.05) is 0 Å². The van der Waals surface area contributed by atoms with E-state index in [4.69, 9.17) is 0 Å². The van der Waals surface area contributed by atoms with E-state index in [-0.39, 0.29) is 0 Å². The molecule has 0 aliphatic heterocycles. The van der Waals surface area contributed by atoms with Crippen LogP contribution in [0.4, 0.5) is 0 Å². The fourth-order valence-corrected chi connectivity index (χ4v) is 2.80. The van der Waals surface area contributed by atoms with Crippen molar-refractivity contribution in [3.05, 3.63) is 0 Å². The maximum absolute atomic E-state index is 2.48. The molecule has 0 saturated heterocycles. The minimum absolute atomic E-state index is 0.913. The van der Waals surface area contributed by atoms with Gasteiger partial charge in [0.15, 0.2) is 0 Å². The lowest BCUT2D eigenvalue weighted by atomic mass is 9.76. The maximum Gasteiger partial charge on any atom is -0.0386 e. The first-order chi connectivity index (χ1) is 6.16. The van der Waals surface area contributed by atoms with Gasteiger partial charge in [0, 0.05) is 0 Å². The van der Waals surface area contributed by atoms with Crippen LogP contribution in [0.5, 0.6) is 0 Å². The summed E-state index contributed by atoms with van der Waals surface area (Å²) < 4.78 is 0. The Morgan fingerprint density at radius 3 is 2.08 bits per heavy atom. The first kappa shape index (κ1) is 11.1. The Morgan fingerprint density at radius 1 is 1.08 bits per heavy atom. The molecule has 0 aromatic carbocycles. The number of hydrogen-bond donors (Lipinski definition) is 0. The molecule has 0 aromatic heterocycles. The van der Waals surface area contributed by atoms with Gasteiger partial charge >= 0.3 is 0 Å². The van der Waals surface area contributed by atoms with Crippen molar-refractivity contribution < 1.29 is 0 Å². The molecule has 1 fully saturated rings. The van der Waals surface area contributed by atoms with Crippen molar-refractivity contribution in [3.63, 3.8) is 0 Å². The van der Waals surface area contributed by atoms with E-state index in [1.54, 1.807) is 0 Å². The zero-order valence-corrected chi connectivity index (χ0v) is 9.84. The third kappa shape index (κ3) is 2.72. The van der Waals surface area contributed by atoms with Crippen LogP contribution in [0.3, 0.4) is 0 Å². The van der Waals surface area contributed by atoms with E-state index >= 15 is 0 Å². The summed E-state index contributed by atoms with van der Waals surface area (Å²) in [6.45, 7) is 9.67. The smallest absolute Gasteiger partial charge is 0.0386 e. The summed E-state index contributed by atoms with van der Waals surface area (Å²) in [5, 5.41) is 0. The molecule has 78 valence electrons. The Labute approximate surface area is 84.1 Å². The Hall–Kier alpha value is 0. The highest BCUT2D eigenvalue weighted by Gasteiger charge is 2.27. The second-order valence-corrected chi connectivity index (χ2v) is 5.15. The van der Waals surface area contributed by atoms with Crippen molar-refractivity contribution in [2.24, 2.45) is 23.7 Å². The number of rotatable bonds is 4. The van der Waals surface area contributed by atoms with Crippen LogP contribution in [0.25, 0.3) is 0 Å². The third-order valence-corrected chi connectivity index (χ3v) is 4.51. The Bertz CT molecular complexity index is 133. The molecule has 0 aromatic rings. The SMILES string of the molecule is CCC(C)C(C)C(C)C1CCCC1. The first-order valence-corrected chi connectivity index (χ1v) is 6.16. The minimum atomic E-state index is 0.913. The average Bonchev–Trinajstić information content (AvgIpc) is 2.67.